The molecule has 0 radical (unpaired) electrons. The van der Waals surface area contributed by atoms with Crippen molar-refractivity contribution in [2.45, 2.75) is 32.9 Å². The number of allylic oxidation sites excluding steroid dienone is 2. The number of halogens is 1. The number of rotatable bonds is 5. The number of likely N-dealkylation sites (N-methyl/N-ethyl adjacent to an activating group) is 1. The average Bonchev–Trinajstić information content (AvgIpc) is 3.17. The fourth-order valence-corrected chi connectivity index (χ4v) is 3.48. The van der Waals surface area contributed by atoms with Crippen molar-refractivity contribution in [2.75, 3.05) is 18.9 Å². The lowest BCUT2D eigenvalue weighted by Gasteiger charge is -2.21. The maximum Gasteiger partial charge on any atom is 0.250 e. The number of carbonyl (C=O) groups is 1. The second-order valence-corrected chi connectivity index (χ2v) is 8.75. The lowest BCUT2D eigenvalue weighted by molar-refractivity contribution is -0.116. The maximum absolute atomic E-state index is 15.3. The summed E-state index contributed by atoms with van der Waals surface area (Å²) >= 11 is 1.23. The molecular formula is C20H24FN5OS. The van der Waals surface area contributed by atoms with Crippen LogP contribution in [0.4, 0.5) is 10.2 Å². The highest BCUT2D eigenvalue weighted by molar-refractivity contribution is 7.10. The van der Waals surface area contributed by atoms with E-state index < -0.39 is 5.67 Å². The molecule has 0 bridgehead atoms. The highest BCUT2D eigenvalue weighted by Gasteiger charge is 2.34. The SMILES string of the molecule is CNC(=O)C1=CCC(F)(c2nc(-c3ccc(NCC(C)(C)C)nn3)cs2)C=C1. The molecular weight excluding hydrogens is 377 g/mol. The van der Waals surface area contributed by atoms with E-state index in [9.17, 15) is 4.79 Å². The molecule has 8 heteroatoms. The Hall–Kier alpha value is -2.61. The van der Waals surface area contributed by atoms with E-state index in [2.05, 4.69) is 46.6 Å². The summed E-state index contributed by atoms with van der Waals surface area (Å²) in [6.45, 7) is 7.19. The van der Waals surface area contributed by atoms with Gasteiger partial charge in [0, 0.05) is 31.0 Å². The number of aromatic nitrogens is 3. The number of nitrogens with zero attached hydrogens (tertiary/aromatic N) is 3. The van der Waals surface area contributed by atoms with Crippen LogP contribution >= 0.6 is 11.3 Å². The molecule has 0 aromatic carbocycles. The molecule has 6 nitrogen and oxygen atoms in total. The third kappa shape index (κ3) is 4.62. The normalized spacial score (nSPS) is 19.2. The van der Waals surface area contributed by atoms with Gasteiger partial charge in [-0.25, -0.2) is 9.37 Å². The minimum absolute atomic E-state index is 0.0700. The molecule has 2 aromatic rings. The van der Waals surface area contributed by atoms with Crippen LogP contribution in [0.3, 0.4) is 0 Å². The van der Waals surface area contributed by atoms with E-state index in [-0.39, 0.29) is 17.7 Å². The summed E-state index contributed by atoms with van der Waals surface area (Å²) in [5.41, 5.74) is 0.0494. The van der Waals surface area contributed by atoms with Crippen LogP contribution < -0.4 is 10.6 Å². The second-order valence-electron chi connectivity index (χ2n) is 7.89. The quantitative estimate of drug-likeness (QED) is 0.795. The lowest BCUT2D eigenvalue weighted by Crippen LogP contribution is -2.24. The van der Waals surface area contributed by atoms with Crippen LogP contribution in [-0.4, -0.2) is 34.7 Å². The molecule has 0 spiro atoms. The van der Waals surface area contributed by atoms with Gasteiger partial charge < -0.3 is 10.6 Å². The van der Waals surface area contributed by atoms with Gasteiger partial charge in [-0.3, -0.25) is 4.79 Å². The minimum atomic E-state index is -1.72. The van der Waals surface area contributed by atoms with E-state index in [0.29, 0.717) is 27.8 Å². The van der Waals surface area contributed by atoms with Crippen molar-refractivity contribution in [3.05, 3.63) is 46.3 Å². The molecule has 3 rings (SSSR count). The van der Waals surface area contributed by atoms with Gasteiger partial charge in [-0.2, -0.15) is 0 Å². The first-order valence-corrected chi connectivity index (χ1v) is 9.92. The largest absolute Gasteiger partial charge is 0.368 e. The first-order valence-electron chi connectivity index (χ1n) is 9.04. The average molecular weight is 402 g/mol. The van der Waals surface area contributed by atoms with Gasteiger partial charge in [0.25, 0.3) is 5.91 Å². The number of alkyl halides is 1. The van der Waals surface area contributed by atoms with Crippen LogP contribution in [-0.2, 0) is 10.5 Å². The zero-order valence-corrected chi connectivity index (χ0v) is 17.2. The summed E-state index contributed by atoms with van der Waals surface area (Å²) in [7, 11) is 1.55. The molecule has 0 aliphatic heterocycles. The molecule has 1 atom stereocenters. The number of anilines is 1. The summed E-state index contributed by atoms with van der Waals surface area (Å²) in [4.78, 5) is 16.1. The number of hydrogen-bond acceptors (Lipinski definition) is 6. The fraction of sp³-hybridized carbons (Fsp3) is 0.400. The van der Waals surface area contributed by atoms with E-state index in [1.54, 1.807) is 18.5 Å². The molecule has 2 N–H and O–H groups in total. The molecule has 2 aromatic heterocycles. The van der Waals surface area contributed by atoms with Crippen molar-refractivity contribution in [3.8, 4) is 11.4 Å². The summed E-state index contributed by atoms with van der Waals surface area (Å²) in [5, 5.41) is 16.3. The predicted octanol–water partition coefficient (Wildman–Crippen LogP) is 3.86. The van der Waals surface area contributed by atoms with Gasteiger partial charge in [-0.1, -0.05) is 32.9 Å². The monoisotopic (exact) mass is 401 g/mol. The lowest BCUT2D eigenvalue weighted by atomic mass is 9.94. The number of amides is 1. The number of hydrogen-bond donors (Lipinski definition) is 2. The van der Waals surface area contributed by atoms with Gasteiger partial charge in [-0.15, -0.1) is 21.5 Å². The number of carbonyl (C=O) groups excluding carboxylic acids is 1. The summed E-state index contributed by atoms with van der Waals surface area (Å²) in [6, 6.07) is 3.67. The molecule has 1 aliphatic rings. The number of thiazole rings is 1. The first kappa shape index (κ1) is 20.1. The highest BCUT2D eigenvalue weighted by atomic mass is 32.1. The maximum atomic E-state index is 15.3. The van der Waals surface area contributed by atoms with Crippen LogP contribution in [0.15, 0.2) is 41.3 Å². The van der Waals surface area contributed by atoms with Crippen molar-refractivity contribution < 1.29 is 9.18 Å². The minimum Gasteiger partial charge on any atom is -0.368 e. The Labute approximate surface area is 168 Å². The molecule has 1 unspecified atom stereocenters. The van der Waals surface area contributed by atoms with Crippen molar-refractivity contribution in [1.29, 1.82) is 0 Å². The van der Waals surface area contributed by atoms with Crippen LogP contribution in [0.25, 0.3) is 11.4 Å². The number of nitrogens with one attached hydrogen (secondary N) is 2. The smallest absolute Gasteiger partial charge is 0.250 e. The molecule has 0 saturated carbocycles. The van der Waals surface area contributed by atoms with Crippen molar-refractivity contribution in [1.82, 2.24) is 20.5 Å². The van der Waals surface area contributed by atoms with E-state index in [1.165, 1.54) is 23.5 Å². The zero-order chi connectivity index (χ0) is 20.4. The Bertz CT molecular complexity index is 913. The summed E-state index contributed by atoms with van der Waals surface area (Å²) in [5.74, 6) is 0.465. The first-order chi connectivity index (χ1) is 13.2. The van der Waals surface area contributed by atoms with E-state index >= 15 is 4.39 Å². The van der Waals surface area contributed by atoms with Gasteiger partial charge in [0.05, 0.1) is 0 Å². The second kappa shape index (κ2) is 7.79. The van der Waals surface area contributed by atoms with Gasteiger partial charge >= 0.3 is 0 Å². The Kier molecular flexibility index (Phi) is 5.60. The summed E-state index contributed by atoms with van der Waals surface area (Å²) in [6.07, 6.45) is 4.56. The molecule has 148 valence electrons. The van der Waals surface area contributed by atoms with Crippen LogP contribution in [0, 0.1) is 5.41 Å². The molecule has 1 amide bonds. The molecule has 28 heavy (non-hydrogen) atoms. The molecule has 2 heterocycles. The standard InChI is InChI=1S/C20H24FN5OS/c1-19(2,3)12-23-16-6-5-14(25-26-16)15-11-28-18(24-15)20(21)9-7-13(8-10-20)17(27)22-4/h5-9,11H,10,12H2,1-4H3,(H,22,27)(H,23,26). The highest BCUT2D eigenvalue weighted by Crippen LogP contribution is 2.38. The Morgan fingerprint density at radius 2 is 2.07 bits per heavy atom. The molecule has 0 saturated heterocycles. The fourth-order valence-electron chi connectivity index (χ4n) is 2.59. The van der Waals surface area contributed by atoms with Gasteiger partial charge in [0.2, 0.25) is 0 Å². The van der Waals surface area contributed by atoms with Gasteiger partial charge in [0.15, 0.2) is 5.67 Å². The van der Waals surface area contributed by atoms with E-state index in [1.807, 2.05) is 12.1 Å². The molecule has 1 aliphatic carbocycles. The van der Waals surface area contributed by atoms with E-state index in [0.717, 1.165) is 6.54 Å². The third-order valence-electron chi connectivity index (χ3n) is 4.22. The topological polar surface area (TPSA) is 79.8 Å². The van der Waals surface area contributed by atoms with Gasteiger partial charge in [0.1, 0.15) is 22.2 Å². The zero-order valence-electron chi connectivity index (χ0n) is 16.4. The predicted molar refractivity (Wildman–Crippen MR) is 110 cm³/mol. The Morgan fingerprint density at radius 3 is 2.64 bits per heavy atom. The Morgan fingerprint density at radius 1 is 1.29 bits per heavy atom. The van der Waals surface area contributed by atoms with E-state index in [4.69, 9.17) is 0 Å². The van der Waals surface area contributed by atoms with Crippen molar-refractivity contribution in [3.63, 3.8) is 0 Å². The summed E-state index contributed by atoms with van der Waals surface area (Å²) < 4.78 is 15.3. The van der Waals surface area contributed by atoms with Crippen LogP contribution in [0.1, 0.15) is 32.2 Å². The van der Waals surface area contributed by atoms with Gasteiger partial charge in [-0.05, 0) is 23.6 Å². The van der Waals surface area contributed by atoms with Crippen LogP contribution in [0.5, 0.6) is 0 Å². The van der Waals surface area contributed by atoms with Crippen LogP contribution in [0.2, 0.25) is 0 Å². The van der Waals surface area contributed by atoms with Crippen molar-refractivity contribution >= 4 is 23.1 Å². The molecule has 0 fully saturated rings. The van der Waals surface area contributed by atoms with Crippen molar-refractivity contribution in [2.24, 2.45) is 5.41 Å². The third-order valence-corrected chi connectivity index (χ3v) is 5.22. The Balaban J connectivity index is 1.71.